The molecule has 0 amide bonds. The van der Waals surface area contributed by atoms with Crippen molar-refractivity contribution in [3.63, 3.8) is 0 Å². The largest absolute Gasteiger partial charge is 0.463 e. The number of methoxy groups -OCH3 is 1. The Hall–Kier alpha value is -2.02. The van der Waals surface area contributed by atoms with Crippen molar-refractivity contribution in [2.24, 2.45) is 0 Å². The summed E-state index contributed by atoms with van der Waals surface area (Å²) in [7, 11) is 1.30. The number of esters is 1. The second-order valence-electron chi connectivity index (χ2n) is 4.68. The van der Waals surface area contributed by atoms with Crippen molar-refractivity contribution in [3.05, 3.63) is 45.8 Å². The van der Waals surface area contributed by atoms with Gasteiger partial charge in [-0.25, -0.2) is 9.78 Å². The van der Waals surface area contributed by atoms with Crippen molar-refractivity contribution < 1.29 is 13.9 Å². The van der Waals surface area contributed by atoms with Crippen LogP contribution in [0.2, 0.25) is 0 Å². The van der Waals surface area contributed by atoms with Gasteiger partial charge in [0, 0.05) is 6.07 Å². The molecule has 0 unspecified atom stereocenters. The number of nitrogens with zero attached hydrogens (tertiary/aromatic N) is 1. The minimum Gasteiger partial charge on any atom is -0.463 e. The number of aromatic amines is 1. The highest BCUT2D eigenvalue weighted by atomic mass is 32.2. The zero-order chi connectivity index (χ0) is 15.4. The van der Waals surface area contributed by atoms with Gasteiger partial charge in [0.2, 0.25) is 5.76 Å². The number of hydrogen-bond donors (Lipinski definition) is 1. The van der Waals surface area contributed by atoms with E-state index < -0.39 is 5.97 Å². The molecule has 2 rings (SSSR count). The molecule has 2 aromatic rings. The van der Waals surface area contributed by atoms with Gasteiger partial charge < -0.3 is 14.1 Å². The summed E-state index contributed by atoms with van der Waals surface area (Å²) in [6.45, 7) is 3.96. The Kier molecular flexibility index (Phi) is 4.85. The van der Waals surface area contributed by atoms with Crippen LogP contribution in [-0.4, -0.2) is 23.0 Å². The lowest BCUT2D eigenvalue weighted by Crippen LogP contribution is -2.10. The Labute approximate surface area is 125 Å². The predicted molar refractivity (Wildman–Crippen MR) is 78.6 cm³/mol. The molecular formula is C14H16N2O4S. The summed E-state index contributed by atoms with van der Waals surface area (Å²) in [6.07, 6.45) is 0. The number of ether oxygens (including phenoxy) is 1. The first kappa shape index (κ1) is 15.4. The average Bonchev–Trinajstić information content (AvgIpc) is 2.92. The summed E-state index contributed by atoms with van der Waals surface area (Å²) in [6, 6.07) is 4.75. The third-order valence-electron chi connectivity index (χ3n) is 2.73. The number of aromatic nitrogens is 2. The van der Waals surface area contributed by atoms with Crippen molar-refractivity contribution in [1.82, 2.24) is 9.97 Å². The molecule has 1 N–H and O–H groups in total. The predicted octanol–water partition coefficient (Wildman–Crippen LogP) is 2.57. The van der Waals surface area contributed by atoms with E-state index in [1.54, 1.807) is 12.1 Å². The topological polar surface area (TPSA) is 85.2 Å². The van der Waals surface area contributed by atoms with Crippen LogP contribution in [0.4, 0.5) is 0 Å². The van der Waals surface area contributed by atoms with Gasteiger partial charge in [0.1, 0.15) is 5.76 Å². The standard InChI is InChI=1S/C14H16N2O4S/c1-8(2)10-6-12(17)16-14(15-10)21-7-9-4-5-11(20-9)13(18)19-3/h4-6,8H,7H2,1-3H3,(H,15,16,17). The number of H-pyrrole nitrogens is 1. The molecule has 0 aliphatic rings. The van der Waals surface area contributed by atoms with Gasteiger partial charge in [-0.3, -0.25) is 4.79 Å². The fraction of sp³-hybridized carbons (Fsp3) is 0.357. The third-order valence-corrected chi connectivity index (χ3v) is 3.63. The third kappa shape index (κ3) is 3.98. The van der Waals surface area contributed by atoms with Crippen LogP contribution in [0.5, 0.6) is 0 Å². The molecule has 112 valence electrons. The molecule has 0 spiro atoms. The van der Waals surface area contributed by atoms with Gasteiger partial charge in [0.15, 0.2) is 5.16 Å². The normalized spacial score (nSPS) is 10.9. The van der Waals surface area contributed by atoms with Crippen LogP contribution in [0.1, 0.15) is 41.8 Å². The maximum absolute atomic E-state index is 11.6. The van der Waals surface area contributed by atoms with Crippen molar-refractivity contribution in [2.45, 2.75) is 30.7 Å². The van der Waals surface area contributed by atoms with Crippen molar-refractivity contribution in [3.8, 4) is 0 Å². The SMILES string of the molecule is COC(=O)c1ccc(CSc2nc(C(C)C)cc(=O)[nH]2)o1. The first-order chi connectivity index (χ1) is 9.99. The molecule has 6 nitrogen and oxygen atoms in total. The van der Waals surface area contributed by atoms with Crippen LogP contribution in [0.15, 0.2) is 32.6 Å². The second kappa shape index (κ2) is 6.62. The number of thioether (sulfide) groups is 1. The lowest BCUT2D eigenvalue weighted by molar-refractivity contribution is 0.0563. The molecule has 0 aliphatic carbocycles. The molecule has 21 heavy (non-hydrogen) atoms. The molecule has 0 saturated carbocycles. The number of rotatable bonds is 5. The molecule has 0 aromatic carbocycles. The Balaban J connectivity index is 2.08. The molecule has 0 bridgehead atoms. The fourth-order valence-electron chi connectivity index (χ4n) is 1.62. The Morgan fingerprint density at radius 1 is 1.48 bits per heavy atom. The Morgan fingerprint density at radius 2 is 2.24 bits per heavy atom. The molecular weight excluding hydrogens is 292 g/mol. The van der Waals surface area contributed by atoms with Gasteiger partial charge in [0.05, 0.1) is 18.6 Å². The lowest BCUT2D eigenvalue weighted by atomic mass is 10.1. The number of carbonyl (C=O) groups is 1. The van der Waals surface area contributed by atoms with Crippen molar-refractivity contribution >= 4 is 17.7 Å². The summed E-state index contributed by atoms with van der Waals surface area (Å²) < 4.78 is 9.92. The fourth-order valence-corrected chi connectivity index (χ4v) is 2.40. The molecule has 0 aliphatic heterocycles. The highest BCUT2D eigenvalue weighted by Gasteiger charge is 2.12. The van der Waals surface area contributed by atoms with E-state index >= 15 is 0 Å². The molecule has 0 saturated heterocycles. The maximum atomic E-state index is 11.6. The van der Waals surface area contributed by atoms with Gasteiger partial charge in [-0.1, -0.05) is 25.6 Å². The highest BCUT2D eigenvalue weighted by molar-refractivity contribution is 7.98. The van der Waals surface area contributed by atoms with Crippen LogP contribution in [0.25, 0.3) is 0 Å². The zero-order valence-electron chi connectivity index (χ0n) is 12.0. The van der Waals surface area contributed by atoms with Crippen LogP contribution in [0, 0.1) is 0 Å². The highest BCUT2D eigenvalue weighted by Crippen LogP contribution is 2.21. The van der Waals surface area contributed by atoms with Crippen LogP contribution < -0.4 is 5.56 Å². The van der Waals surface area contributed by atoms with Gasteiger partial charge in [-0.05, 0) is 18.1 Å². The molecule has 0 atom stereocenters. The van der Waals surface area contributed by atoms with E-state index in [4.69, 9.17) is 4.42 Å². The lowest BCUT2D eigenvalue weighted by Gasteiger charge is -2.05. The Morgan fingerprint density at radius 3 is 2.90 bits per heavy atom. The van der Waals surface area contributed by atoms with Crippen molar-refractivity contribution in [2.75, 3.05) is 7.11 Å². The van der Waals surface area contributed by atoms with Gasteiger partial charge in [-0.15, -0.1) is 0 Å². The number of nitrogens with one attached hydrogen (secondary N) is 1. The summed E-state index contributed by atoms with van der Waals surface area (Å²) >= 11 is 1.34. The van der Waals surface area contributed by atoms with E-state index in [0.29, 0.717) is 16.7 Å². The quantitative estimate of drug-likeness (QED) is 0.519. The zero-order valence-corrected chi connectivity index (χ0v) is 12.8. The summed E-state index contributed by atoms with van der Waals surface area (Å²) in [5, 5.41) is 0.530. The van der Waals surface area contributed by atoms with Crippen molar-refractivity contribution in [1.29, 1.82) is 0 Å². The average molecular weight is 308 g/mol. The summed E-state index contributed by atoms with van der Waals surface area (Å²) in [4.78, 5) is 29.9. The van der Waals surface area contributed by atoms with Crippen LogP contribution in [-0.2, 0) is 10.5 Å². The molecule has 0 fully saturated rings. The molecule has 2 aromatic heterocycles. The molecule has 0 radical (unpaired) electrons. The second-order valence-corrected chi connectivity index (χ2v) is 5.64. The van der Waals surface area contributed by atoms with E-state index in [1.807, 2.05) is 13.8 Å². The molecule has 7 heteroatoms. The first-order valence-corrected chi connectivity index (χ1v) is 7.39. The van der Waals surface area contributed by atoms with Crippen LogP contribution in [0.3, 0.4) is 0 Å². The van der Waals surface area contributed by atoms with Gasteiger partial charge in [0.25, 0.3) is 5.56 Å². The maximum Gasteiger partial charge on any atom is 0.373 e. The van der Waals surface area contributed by atoms with Crippen LogP contribution >= 0.6 is 11.8 Å². The minimum atomic E-state index is -0.514. The van der Waals surface area contributed by atoms with E-state index in [0.717, 1.165) is 5.69 Å². The van der Waals surface area contributed by atoms with Gasteiger partial charge in [-0.2, -0.15) is 0 Å². The van der Waals surface area contributed by atoms with E-state index in [9.17, 15) is 9.59 Å². The summed E-state index contributed by atoms with van der Waals surface area (Å²) in [5.41, 5.74) is 0.571. The smallest absolute Gasteiger partial charge is 0.373 e. The summed E-state index contributed by atoms with van der Waals surface area (Å²) in [5.74, 6) is 0.894. The van der Waals surface area contributed by atoms with E-state index in [-0.39, 0.29) is 17.2 Å². The molecule has 2 heterocycles. The van der Waals surface area contributed by atoms with Gasteiger partial charge >= 0.3 is 5.97 Å². The van der Waals surface area contributed by atoms with E-state index in [1.165, 1.54) is 24.9 Å². The minimum absolute atomic E-state index is 0.158. The Bertz CT molecular complexity index is 690. The first-order valence-electron chi connectivity index (χ1n) is 6.40. The number of carbonyl (C=O) groups excluding carboxylic acids is 1. The number of furan rings is 1. The number of hydrogen-bond acceptors (Lipinski definition) is 6. The van der Waals surface area contributed by atoms with E-state index in [2.05, 4.69) is 14.7 Å². The monoisotopic (exact) mass is 308 g/mol.